The molecule has 3 aliphatic heterocycles. The second-order valence-electron chi connectivity index (χ2n) is 16.0. The minimum atomic E-state index is -0.395. The largest absolute Gasteiger partial charge is 0.362 e. The van der Waals surface area contributed by atoms with Gasteiger partial charge in [0.25, 0.3) is 0 Å². The molecular formula is C35H51N5O2. The van der Waals surface area contributed by atoms with Crippen molar-refractivity contribution < 1.29 is 9.59 Å². The number of likely N-dealkylation sites (tertiary alicyclic amines) is 1. The number of fused-ring (bicyclic) bond motifs is 5. The molecule has 1 saturated heterocycles. The molecule has 0 spiro atoms. The SMILES string of the molecule is CC(C)(C)C1CC(=O)N(C(C)(C)C)C1=O.CC(C)(C)N1Cc2ccccc2C2C(N=NN2C(C)(C)C)c2ccccc21. The van der Waals surface area contributed by atoms with Crippen molar-refractivity contribution in [2.45, 2.75) is 125 Å². The number of anilines is 1. The minimum Gasteiger partial charge on any atom is -0.362 e. The third-order valence-electron chi connectivity index (χ3n) is 8.44. The summed E-state index contributed by atoms with van der Waals surface area (Å²) in [5.74, 6) is -0.211. The number of benzene rings is 2. The van der Waals surface area contributed by atoms with Gasteiger partial charge in [-0.15, -0.1) is 0 Å². The average molecular weight is 574 g/mol. The van der Waals surface area contributed by atoms with E-state index in [9.17, 15) is 9.59 Å². The first-order chi connectivity index (χ1) is 19.2. The van der Waals surface area contributed by atoms with E-state index < -0.39 is 5.54 Å². The highest BCUT2D eigenvalue weighted by Gasteiger charge is 2.48. The maximum absolute atomic E-state index is 12.1. The van der Waals surface area contributed by atoms with E-state index in [4.69, 9.17) is 5.11 Å². The lowest BCUT2D eigenvalue weighted by molar-refractivity contribution is -0.145. The molecule has 0 aromatic heterocycles. The lowest BCUT2D eigenvalue weighted by Crippen LogP contribution is -2.46. The fraction of sp³-hybridized carbons (Fsp3) is 0.600. The van der Waals surface area contributed by atoms with Crippen molar-refractivity contribution in [2.75, 3.05) is 4.90 Å². The second kappa shape index (κ2) is 10.8. The molecule has 0 N–H and O–H groups in total. The highest BCUT2D eigenvalue weighted by molar-refractivity contribution is 6.04. The Labute approximate surface area is 253 Å². The zero-order chi connectivity index (χ0) is 31.4. The Bertz CT molecular complexity index is 1350. The number of imide groups is 1. The van der Waals surface area contributed by atoms with Crippen molar-refractivity contribution in [2.24, 2.45) is 21.7 Å². The maximum atomic E-state index is 12.1. The van der Waals surface area contributed by atoms with Crippen molar-refractivity contribution in [1.82, 2.24) is 9.91 Å². The van der Waals surface area contributed by atoms with Gasteiger partial charge in [0.2, 0.25) is 11.8 Å². The molecule has 42 heavy (non-hydrogen) atoms. The summed E-state index contributed by atoms with van der Waals surface area (Å²) in [5.41, 5.74) is 4.63. The highest BCUT2D eigenvalue weighted by Crippen LogP contribution is 2.51. The molecular weight excluding hydrogens is 522 g/mol. The van der Waals surface area contributed by atoms with Gasteiger partial charge in [0.05, 0.1) is 11.5 Å². The van der Waals surface area contributed by atoms with Gasteiger partial charge in [-0.1, -0.05) is 68.5 Å². The summed E-state index contributed by atoms with van der Waals surface area (Å²) in [4.78, 5) is 27.8. The smallest absolute Gasteiger partial charge is 0.233 e. The van der Waals surface area contributed by atoms with Crippen LogP contribution in [0, 0.1) is 11.3 Å². The van der Waals surface area contributed by atoms with E-state index in [0.717, 1.165) is 6.54 Å². The average Bonchev–Trinajstić information content (AvgIpc) is 3.42. The first-order valence-electron chi connectivity index (χ1n) is 15.2. The van der Waals surface area contributed by atoms with Crippen molar-refractivity contribution >= 4 is 17.5 Å². The monoisotopic (exact) mass is 573 g/mol. The predicted octanol–water partition coefficient (Wildman–Crippen LogP) is 8.27. The lowest BCUT2D eigenvalue weighted by Gasteiger charge is -2.44. The normalized spacial score (nSPS) is 22.7. The second-order valence-corrected chi connectivity index (χ2v) is 16.0. The molecule has 0 radical (unpaired) electrons. The van der Waals surface area contributed by atoms with Gasteiger partial charge < -0.3 is 4.90 Å². The Hall–Kier alpha value is -3.22. The molecule has 0 bridgehead atoms. The van der Waals surface area contributed by atoms with Crippen LogP contribution >= 0.6 is 0 Å². The Morgan fingerprint density at radius 3 is 1.79 bits per heavy atom. The summed E-state index contributed by atoms with van der Waals surface area (Å²) in [5, 5.41) is 11.6. The van der Waals surface area contributed by atoms with Gasteiger partial charge in [-0.3, -0.25) is 19.5 Å². The van der Waals surface area contributed by atoms with Crippen molar-refractivity contribution in [3.63, 3.8) is 0 Å². The predicted molar refractivity (Wildman–Crippen MR) is 170 cm³/mol. The molecule has 1 fully saturated rings. The molecule has 3 heterocycles. The Balaban J connectivity index is 0.000000230. The van der Waals surface area contributed by atoms with Gasteiger partial charge >= 0.3 is 0 Å². The van der Waals surface area contributed by atoms with Gasteiger partial charge in [0, 0.05) is 35.3 Å². The molecule has 7 heteroatoms. The highest BCUT2D eigenvalue weighted by atomic mass is 16.2. The molecule has 2 aromatic rings. The number of hydrogen-bond donors (Lipinski definition) is 0. The number of carbonyl (C=O) groups is 2. The van der Waals surface area contributed by atoms with Crippen LogP contribution in [-0.4, -0.2) is 38.3 Å². The summed E-state index contributed by atoms with van der Waals surface area (Å²) in [7, 11) is 0. The van der Waals surface area contributed by atoms with Crippen LogP contribution in [0.2, 0.25) is 0 Å². The van der Waals surface area contributed by atoms with E-state index in [1.54, 1.807) is 0 Å². The van der Waals surface area contributed by atoms with Gasteiger partial charge in [-0.2, -0.15) is 5.11 Å². The molecule has 0 saturated carbocycles. The zero-order valence-corrected chi connectivity index (χ0v) is 27.8. The summed E-state index contributed by atoms with van der Waals surface area (Å²) in [6.07, 6.45) is 0.361. The van der Waals surface area contributed by atoms with Gasteiger partial charge in [0.15, 0.2) is 0 Å². The van der Waals surface area contributed by atoms with Crippen molar-refractivity contribution in [1.29, 1.82) is 0 Å². The van der Waals surface area contributed by atoms with Gasteiger partial charge in [-0.25, -0.2) is 0 Å². The molecule has 7 nitrogen and oxygen atoms in total. The summed E-state index contributed by atoms with van der Waals surface area (Å²) in [6, 6.07) is 17.7. The fourth-order valence-electron chi connectivity index (χ4n) is 6.27. The van der Waals surface area contributed by atoms with Crippen LogP contribution in [-0.2, 0) is 16.1 Å². The lowest BCUT2D eigenvalue weighted by atomic mass is 9.80. The molecule has 3 unspecified atom stereocenters. The molecule has 0 aliphatic carbocycles. The topological polar surface area (TPSA) is 68.6 Å². The van der Waals surface area contributed by atoms with Crippen molar-refractivity contribution in [3.05, 3.63) is 65.2 Å². The zero-order valence-electron chi connectivity index (χ0n) is 27.8. The van der Waals surface area contributed by atoms with E-state index in [0.29, 0.717) is 6.42 Å². The van der Waals surface area contributed by atoms with E-state index in [1.807, 2.05) is 41.5 Å². The van der Waals surface area contributed by atoms with Crippen molar-refractivity contribution in [3.8, 4) is 0 Å². The third-order valence-corrected chi connectivity index (χ3v) is 8.44. The number of rotatable bonds is 0. The molecule has 3 aliphatic rings. The quantitative estimate of drug-likeness (QED) is 0.298. The number of para-hydroxylation sites is 1. The van der Waals surface area contributed by atoms with Crippen LogP contribution in [0.4, 0.5) is 5.69 Å². The Morgan fingerprint density at radius 2 is 1.29 bits per heavy atom. The van der Waals surface area contributed by atoms with Crippen LogP contribution < -0.4 is 4.90 Å². The number of hydrogen-bond acceptors (Lipinski definition) is 6. The van der Waals surface area contributed by atoms with Crippen LogP contribution in [0.25, 0.3) is 0 Å². The summed E-state index contributed by atoms with van der Waals surface area (Å²) < 4.78 is 0. The Kier molecular flexibility index (Phi) is 8.16. The van der Waals surface area contributed by atoms with Crippen LogP contribution in [0.5, 0.6) is 0 Å². The van der Waals surface area contributed by atoms with E-state index in [-0.39, 0.29) is 46.3 Å². The van der Waals surface area contributed by atoms with Crippen LogP contribution in [0.3, 0.4) is 0 Å². The number of amides is 2. The van der Waals surface area contributed by atoms with E-state index >= 15 is 0 Å². The fourth-order valence-corrected chi connectivity index (χ4v) is 6.27. The molecule has 228 valence electrons. The standard InChI is InChI=1S/C23H30N4.C12H21NO2/c1-22(2,3)26-15-16-11-7-8-12-17(16)21-20(18-13-9-10-14-19(18)26)24-25-27(21)23(4,5)6;1-11(2,3)8-7-9(14)13(10(8)15)12(4,5)6/h7-14,20-21H,15H2,1-6H3;8H,7H2,1-6H3. The first kappa shape index (κ1) is 31.7. The molecule has 2 aromatic carbocycles. The maximum Gasteiger partial charge on any atom is 0.233 e. The van der Waals surface area contributed by atoms with Gasteiger partial charge in [0.1, 0.15) is 12.1 Å². The third kappa shape index (κ3) is 6.11. The minimum absolute atomic E-state index is 0.00623. The Morgan fingerprint density at radius 1 is 0.714 bits per heavy atom. The number of carbonyl (C=O) groups excluding carboxylic acids is 2. The van der Waals surface area contributed by atoms with Crippen LogP contribution in [0.1, 0.15) is 118 Å². The molecule has 2 amide bonds. The number of nitrogens with zero attached hydrogens (tertiary/aromatic N) is 5. The molecule has 5 rings (SSSR count). The van der Waals surface area contributed by atoms with E-state index in [1.165, 1.54) is 27.3 Å². The molecule has 3 atom stereocenters. The summed E-state index contributed by atoms with van der Waals surface area (Å²) in [6.45, 7) is 26.1. The van der Waals surface area contributed by atoms with Crippen LogP contribution in [0.15, 0.2) is 58.9 Å². The first-order valence-corrected chi connectivity index (χ1v) is 15.2. The summed E-state index contributed by atoms with van der Waals surface area (Å²) >= 11 is 0. The van der Waals surface area contributed by atoms with Gasteiger partial charge in [-0.05, 0) is 84.9 Å². The van der Waals surface area contributed by atoms with E-state index in [2.05, 4.69) is 105 Å².